The molecule has 88 valence electrons. The summed E-state index contributed by atoms with van der Waals surface area (Å²) >= 11 is 0. The Morgan fingerprint density at radius 1 is 1.18 bits per heavy atom. The van der Waals surface area contributed by atoms with E-state index in [0.29, 0.717) is 18.2 Å². The lowest BCUT2D eigenvalue weighted by molar-refractivity contribution is 0.625. The molecule has 1 aromatic carbocycles. The van der Waals surface area contributed by atoms with E-state index in [1.807, 2.05) is 6.07 Å². The zero-order chi connectivity index (χ0) is 12.1. The molecule has 2 rings (SSSR count). The standard InChI is InChI=1S/C12H13FN4/c13-10-3-1-2-9(8-10)6-7-15-12-5-4-11(14)16-17-12/h1-5,8H,6-7H2,(H2,14,16)(H,15,17). The SMILES string of the molecule is Nc1ccc(NCCc2cccc(F)c2)nn1. The van der Waals surface area contributed by atoms with Crippen molar-refractivity contribution in [3.8, 4) is 0 Å². The van der Waals surface area contributed by atoms with E-state index in [1.165, 1.54) is 12.1 Å². The van der Waals surface area contributed by atoms with Gasteiger partial charge in [-0.2, -0.15) is 0 Å². The number of aromatic nitrogens is 2. The second-order valence-corrected chi connectivity index (χ2v) is 3.65. The average molecular weight is 232 g/mol. The van der Waals surface area contributed by atoms with Gasteiger partial charge >= 0.3 is 0 Å². The maximum absolute atomic E-state index is 12.9. The lowest BCUT2D eigenvalue weighted by Gasteiger charge is -2.05. The highest BCUT2D eigenvalue weighted by Crippen LogP contribution is 2.06. The summed E-state index contributed by atoms with van der Waals surface area (Å²) in [6, 6.07) is 9.98. The predicted molar refractivity (Wildman–Crippen MR) is 65.0 cm³/mol. The number of anilines is 2. The number of nitrogens with one attached hydrogen (secondary N) is 1. The third kappa shape index (κ3) is 3.41. The van der Waals surface area contributed by atoms with Crippen molar-refractivity contribution in [1.82, 2.24) is 10.2 Å². The minimum absolute atomic E-state index is 0.213. The fourth-order valence-corrected chi connectivity index (χ4v) is 1.46. The van der Waals surface area contributed by atoms with Gasteiger partial charge in [-0.1, -0.05) is 12.1 Å². The van der Waals surface area contributed by atoms with Gasteiger partial charge in [0.1, 0.15) is 17.5 Å². The second-order valence-electron chi connectivity index (χ2n) is 3.65. The van der Waals surface area contributed by atoms with E-state index in [2.05, 4.69) is 15.5 Å². The zero-order valence-corrected chi connectivity index (χ0v) is 9.23. The topological polar surface area (TPSA) is 63.8 Å². The molecule has 1 heterocycles. The Morgan fingerprint density at radius 3 is 2.76 bits per heavy atom. The van der Waals surface area contributed by atoms with Gasteiger partial charge in [0, 0.05) is 6.54 Å². The van der Waals surface area contributed by atoms with Crippen LogP contribution in [0.2, 0.25) is 0 Å². The van der Waals surface area contributed by atoms with Crippen LogP contribution < -0.4 is 11.1 Å². The summed E-state index contributed by atoms with van der Waals surface area (Å²) in [6.07, 6.45) is 0.726. The van der Waals surface area contributed by atoms with Gasteiger partial charge in [0.15, 0.2) is 0 Å². The molecule has 0 radical (unpaired) electrons. The molecule has 0 atom stereocenters. The number of hydrogen-bond acceptors (Lipinski definition) is 4. The van der Waals surface area contributed by atoms with Crippen LogP contribution in [0.5, 0.6) is 0 Å². The van der Waals surface area contributed by atoms with E-state index in [-0.39, 0.29) is 5.82 Å². The monoisotopic (exact) mass is 232 g/mol. The summed E-state index contributed by atoms with van der Waals surface area (Å²) < 4.78 is 12.9. The Morgan fingerprint density at radius 2 is 2.06 bits per heavy atom. The number of nitrogen functional groups attached to an aromatic ring is 1. The maximum Gasteiger partial charge on any atom is 0.148 e. The van der Waals surface area contributed by atoms with Crippen molar-refractivity contribution in [2.75, 3.05) is 17.6 Å². The first-order valence-electron chi connectivity index (χ1n) is 5.31. The van der Waals surface area contributed by atoms with Crippen LogP contribution >= 0.6 is 0 Å². The number of nitrogens with zero attached hydrogens (tertiary/aromatic N) is 2. The second kappa shape index (κ2) is 5.25. The first kappa shape index (κ1) is 11.3. The highest BCUT2D eigenvalue weighted by molar-refractivity contribution is 5.38. The number of nitrogens with two attached hydrogens (primary N) is 1. The average Bonchev–Trinajstić information content (AvgIpc) is 2.32. The Hall–Kier alpha value is -2.17. The first-order valence-corrected chi connectivity index (χ1v) is 5.31. The Balaban J connectivity index is 1.85. The van der Waals surface area contributed by atoms with Crippen molar-refractivity contribution < 1.29 is 4.39 Å². The molecule has 0 saturated carbocycles. The van der Waals surface area contributed by atoms with Gasteiger partial charge in [0.25, 0.3) is 0 Å². The van der Waals surface area contributed by atoms with Crippen molar-refractivity contribution >= 4 is 11.6 Å². The van der Waals surface area contributed by atoms with Crippen LogP contribution in [0.25, 0.3) is 0 Å². The van der Waals surface area contributed by atoms with Gasteiger partial charge in [-0.05, 0) is 36.2 Å². The third-order valence-corrected chi connectivity index (χ3v) is 2.29. The minimum Gasteiger partial charge on any atom is -0.382 e. The summed E-state index contributed by atoms with van der Waals surface area (Å²) in [4.78, 5) is 0. The molecule has 2 aromatic rings. The molecule has 0 aliphatic rings. The number of rotatable bonds is 4. The molecule has 4 nitrogen and oxygen atoms in total. The maximum atomic E-state index is 12.9. The number of halogens is 1. The Kier molecular flexibility index (Phi) is 3.49. The molecular formula is C12H13FN4. The van der Waals surface area contributed by atoms with Crippen LogP contribution in [-0.4, -0.2) is 16.7 Å². The summed E-state index contributed by atoms with van der Waals surface area (Å²) in [7, 11) is 0. The third-order valence-electron chi connectivity index (χ3n) is 2.29. The molecule has 0 aliphatic carbocycles. The van der Waals surface area contributed by atoms with Crippen molar-refractivity contribution in [3.05, 3.63) is 47.8 Å². The van der Waals surface area contributed by atoms with Gasteiger partial charge in [-0.3, -0.25) is 0 Å². The van der Waals surface area contributed by atoms with E-state index >= 15 is 0 Å². The molecule has 0 bridgehead atoms. The first-order chi connectivity index (χ1) is 8.24. The van der Waals surface area contributed by atoms with Crippen molar-refractivity contribution in [1.29, 1.82) is 0 Å². The van der Waals surface area contributed by atoms with Crippen LogP contribution in [0.15, 0.2) is 36.4 Å². The number of hydrogen-bond donors (Lipinski definition) is 2. The molecule has 1 aromatic heterocycles. The van der Waals surface area contributed by atoms with Crippen LogP contribution in [0.1, 0.15) is 5.56 Å². The van der Waals surface area contributed by atoms with Crippen LogP contribution in [0.4, 0.5) is 16.0 Å². The van der Waals surface area contributed by atoms with Gasteiger partial charge in [-0.25, -0.2) is 4.39 Å². The molecule has 0 spiro atoms. The molecule has 0 unspecified atom stereocenters. The van der Waals surface area contributed by atoms with Gasteiger partial charge in [0.2, 0.25) is 0 Å². The normalized spacial score (nSPS) is 10.2. The van der Waals surface area contributed by atoms with Crippen LogP contribution in [0, 0.1) is 5.82 Å². The van der Waals surface area contributed by atoms with E-state index in [4.69, 9.17) is 5.73 Å². The van der Waals surface area contributed by atoms with E-state index in [9.17, 15) is 4.39 Å². The minimum atomic E-state index is -0.213. The molecule has 0 fully saturated rings. The molecule has 0 saturated heterocycles. The number of benzene rings is 1. The molecule has 17 heavy (non-hydrogen) atoms. The van der Waals surface area contributed by atoms with Crippen LogP contribution in [-0.2, 0) is 6.42 Å². The quantitative estimate of drug-likeness (QED) is 0.844. The highest BCUT2D eigenvalue weighted by Gasteiger charge is 1.97. The summed E-state index contributed by atoms with van der Waals surface area (Å²) in [5.74, 6) is 0.839. The van der Waals surface area contributed by atoms with Crippen molar-refractivity contribution in [2.45, 2.75) is 6.42 Å². The van der Waals surface area contributed by atoms with E-state index in [0.717, 1.165) is 12.0 Å². The van der Waals surface area contributed by atoms with Crippen LogP contribution in [0.3, 0.4) is 0 Å². The van der Waals surface area contributed by atoms with E-state index in [1.54, 1.807) is 18.2 Å². The zero-order valence-electron chi connectivity index (χ0n) is 9.23. The van der Waals surface area contributed by atoms with E-state index < -0.39 is 0 Å². The fraction of sp³-hybridized carbons (Fsp3) is 0.167. The molecular weight excluding hydrogens is 219 g/mol. The molecule has 5 heteroatoms. The predicted octanol–water partition coefficient (Wildman–Crippen LogP) is 1.85. The van der Waals surface area contributed by atoms with Gasteiger partial charge < -0.3 is 11.1 Å². The molecule has 0 amide bonds. The summed E-state index contributed by atoms with van der Waals surface area (Å²) in [5.41, 5.74) is 6.37. The lowest BCUT2D eigenvalue weighted by atomic mass is 10.1. The van der Waals surface area contributed by atoms with Crippen molar-refractivity contribution in [3.63, 3.8) is 0 Å². The highest BCUT2D eigenvalue weighted by atomic mass is 19.1. The largest absolute Gasteiger partial charge is 0.382 e. The fourth-order valence-electron chi connectivity index (χ4n) is 1.46. The van der Waals surface area contributed by atoms with Gasteiger partial charge in [0.05, 0.1) is 0 Å². The molecule has 0 aliphatic heterocycles. The lowest BCUT2D eigenvalue weighted by Crippen LogP contribution is -2.07. The summed E-state index contributed by atoms with van der Waals surface area (Å²) in [5, 5.41) is 10.7. The smallest absolute Gasteiger partial charge is 0.148 e. The van der Waals surface area contributed by atoms with Crippen molar-refractivity contribution in [2.24, 2.45) is 0 Å². The summed E-state index contributed by atoms with van der Waals surface area (Å²) in [6.45, 7) is 0.669. The Labute approximate surface area is 98.7 Å². The molecule has 3 N–H and O–H groups in total. The Bertz CT molecular complexity index is 484. The van der Waals surface area contributed by atoms with Gasteiger partial charge in [-0.15, -0.1) is 10.2 Å².